The van der Waals surface area contributed by atoms with E-state index >= 15 is 0 Å². The zero-order chi connectivity index (χ0) is 18.9. The van der Waals surface area contributed by atoms with Gasteiger partial charge in [-0.3, -0.25) is 0 Å². The third kappa shape index (κ3) is 2.05. The summed E-state index contributed by atoms with van der Waals surface area (Å²) in [5.74, 6) is 0. The number of rotatable bonds is 1. The summed E-state index contributed by atoms with van der Waals surface area (Å²) < 4.78 is 6.11. The van der Waals surface area contributed by atoms with Gasteiger partial charge in [0.05, 0.1) is 0 Å². The highest BCUT2D eigenvalue weighted by atomic mass is 16.3. The smallest absolute Gasteiger partial charge is 0.136 e. The van der Waals surface area contributed by atoms with Crippen LogP contribution < -0.4 is 0 Å². The third-order valence-corrected chi connectivity index (χ3v) is 6.18. The molecule has 0 aliphatic carbocycles. The molecule has 0 N–H and O–H groups in total. The van der Waals surface area contributed by atoms with E-state index in [-0.39, 0.29) is 0 Å². The Labute approximate surface area is 167 Å². The van der Waals surface area contributed by atoms with Gasteiger partial charge in [0.25, 0.3) is 0 Å². The van der Waals surface area contributed by atoms with Gasteiger partial charge >= 0.3 is 0 Å². The lowest BCUT2D eigenvalue weighted by Crippen LogP contribution is -1.85. The fourth-order valence-corrected chi connectivity index (χ4v) is 4.83. The van der Waals surface area contributed by atoms with Gasteiger partial charge in [0, 0.05) is 10.8 Å². The Balaban J connectivity index is 1.52. The summed E-state index contributed by atoms with van der Waals surface area (Å²) in [4.78, 5) is 0. The summed E-state index contributed by atoms with van der Waals surface area (Å²) in [6.07, 6.45) is 0. The van der Waals surface area contributed by atoms with Crippen molar-refractivity contribution in [2.24, 2.45) is 0 Å². The van der Waals surface area contributed by atoms with Crippen molar-refractivity contribution in [1.82, 2.24) is 0 Å². The molecule has 1 heteroatoms. The zero-order valence-electron chi connectivity index (χ0n) is 15.6. The number of fused-ring (bicyclic) bond motifs is 3. The van der Waals surface area contributed by atoms with Gasteiger partial charge in [0.15, 0.2) is 0 Å². The molecule has 134 valence electrons. The SMILES string of the molecule is c1cc2ccc3cc(-c4ccc5c(c4)oc4ccccc45)cc4ccc(c1)c2c34. The number of hydrogen-bond acceptors (Lipinski definition) is 1. The first kappa shape index (κ1) is 15.1. The molecular formula is C28H16O. The van der Waals surface area contributed by atoms with Crippen LogP contribution in [0.2, 0.25) is 0 Å². The molecule has 1 heterocycles. The van der Waals surface area contributed by atoms with Gasteiger partial charge in [-0.05, 0) is 73.8 Å². The molecule has 1 aromatic heterocycles. The van der Waals surface area contributed by atoms with E-state index in [1.54, 1.807) is 0 Å². The van der Waals surface area contributed by atoms with E-state index in [9.17, 15) is 0 Å². The van der Waals surface area contributed by atoms with Crippen LogP contribution in [0, 0.1) is 0 Å². The van der Waals surface area contributed by atoms with Crippen LogP contribution in [0.1, 0.15) is 0 Å². The lowest BCUT2D eigenvalue weighted by molar-refractivity contribution is 0.669. The largest absolute Gasteiger partial charge is 0.456 e. The van der Waals surface area contributed by atoms with Crippen molar-refractivity contribution in [3.05, 3.63) is 97.1 Å². The van der Waals surface area contributed by atoms with Gasteiger partial charge < -0.3 is 4.42 Å². The molecule has 7 rings (SSSR count). The maximum absolute atomic E-state index is 6.11. The van der Waals surface area contributed by atoms with Crippen molar-refractivity contribution in [1.29, 1.82) is 0 Å². The maximum atomic E-state index is 6.11. The van der Waals surface area contributed by atoms with Crippen LogP contribution in [0.25, 0.3) is 65.4 Å². The highest BCUT2D eigenvalue weighted by Gasteiger charge is 2.12. The van der Waals surface area contributed by atoms with Gasteiger partial charge in [0.1, 0.15) is 11.2 Å². The first-order chi connectivity index (χ1) is 14.3. The van der Waals surface area contributed by atoms with Gasteiger partial charge in [-0.2, -0.15) is 0 Å². The molecule has 0 atom stereocenters. The lowest BCUT2D eigenvalue weighted by Gasteiger charge is -2.12. The minimum Gasteiger partial charge on any atom is -0.456 e. The Morgan fingerprint density at radius 1 is 0.414 bits per heavy atom. The van der Waals surface area contributed by atoms with Gasteiger partial charge in [-0.25, -0.2) is 0 Å². The predicted octanol–water partition coefficient (Wildman–Crippen LogP) is 8.15. The normalized spacial score (nSPS) is 12.1. The summed E-state index contributed by atoms with van der Waals surface area (Å²) >= 11 is 0. The van der Waals surface area contributed by atoms with E-state index in [1.165, 1.54) is 54.2 Å². The van der Waals surface area contributed by atoms with Crippen LogP contribution in [0.3, 0.4) is 0 Å². The molecule has 0 saturated carbocycles. The number of hydrogen-bond donors (Lipinski definition) is 0. The molecule has 0 bridgehead atoms. The highest BCUT2D eigenvalue weighted by Crippen LogP contribution is 2.38. The Morgan fingerprint density at radius 3 is 1.86 bits per heavy atom. The van der Waals surface area contributed by atoms with E-state index < -0.39 is 0 Å². The molecule has 29 heavy (non-hydrogen) atoms. The van der Waals surface area contributed by atoms with Crippen LogP contribution >= 0.6 is 0 Å². The average molecular weight is 368 g/mol. The van der Waals surface area contributed by atoms with Crippen LogP contribution in [0.5, 0.6) is 0 Å². The molecule has 0 amide bonds. The second-order valence-corrected chi connectivity index (χ2v) is 7.82. The summed E-state index contributed by atoms with van der Waals surface area (Å²) in [5.41, 5.74) is 4.28. The fraction of sp³-hybridized carbons (Fsp3) is 0. The molecule has 0 aliphatic heterocycles. The van der Waals surface area contributed by atoms with Gasteiger partial charge in [0.2, 0.25) is 0 Å². The van der Waals surface area contributed by atoms with Crippen molar-refractivity contribution in [2.45, 2.75) is 0 Å². The highest BCUT2D eigenvalue weighted by molar-refractivity contribution is 6.23. The monoisotopic (exact) mass is 368 g/mol. The first-order valence-electron chi connectivity index (χ1n) is 9.94. The first-order valence-corrected chi connectivity index (χ1v) is 9.94. The van der Waals surface area contributed by atoms with Gasteiger partial charge in [-0.1, -0.05) is 66.7 Å². The molecule has 1 nitrogen and oxygen atoms in total. The summed E-state index contributed by atoms with van der Waals surface area (Å²) in [5, 5.41) is 10.2. The van der Waals surface area contributed by atoms with Crippen LogP contribution in [-0.4, -0.2) is 0 Å². The molecule has 0 spiro atoms. The second kappa shape index (κ2) is 5.36. The molecule has 7 aromatic rings. The molecule has 0 fully saturated rings. The summed E-state index contributed by atoms with van der Waals surface area (Å²) in [6, 6.07) is 34.9. The van der Waals surface area contributed by atoms with Crippen LogP contribution in [0.15, 0.2) is 101 Å². The molecule has 0 unspecified atom stereocenters. The van der Waals surface area contributed by atoms with Crippen molar-refractivity contribution in [3.8, 4) is 11.1 Å². The van der Waals surface area contributed by atoms with E-state index in [0.29, 0.717) is 0 Å². The fourth-order valence-electron chi connectivity index (χ4n) is 4.83. The van der Waals surface area contributed by atoms with Crippen LogP contribution in [-0.2, 0) is 0 Å². The Hall–Kier alpha value is -3.84. The Kier molecular flexibility index (Phi) is 2.80. The van der Waals surface area contributed by atoms with Crippen molar-refractivity contribution in [2.75, 3.05) is 0 Å². The lowest BCUT2D eigenvalue weighted by atomic mass is 9.91. The topological polar surface area (TPSA) is 13.1 Å². The summed E-state index contributed by atoms with van der Waals surface area (Å²) in [7, 11) is 0. The predicted molar refractivity (Wildman–Crippen MR) is 123 cm³/mol. The minimum absolute atomic E-state index is 0.939. The van der Waals surface area contributed by atoms with Crippen molar-refractivity contribution < 1.29 is 4.42 Å². The zero-order valence-corrected chi connectivity index (χ0v) is 15.6. The van der Waals surface area contributed by atoms with Crippen molar-refractivity contribution in [3.63, 3.8) is 0 Å². The van der Waals surface area contributed by atoms with Crippen LogP contribution in [0.4, 0.5) is 0 Å². The van der Waals surface area contributed by atoms with E-state index in [4.69, 9.17) is 4.42 Å². The average Bonchev–Trinajstić information content (AvgIpc) is 3.15. The molecule has 0 aliphatic rings. The molecule has 6 aromatic carbocycles. The van der Waals surface area contributed by atoms with E-state index in [2.05, 4.69) is 84.9 Å². The molecular weight excluding hydrogens is 352 g/mol. The minimum atomic E-state index is 0.939. The Bertz CT molecular complexity index is 1640. The van der Waals surface area contributed by atoms with E-state index in [0.717, 1.165) is 11.2 Å². The molecule has 0 radical (unpaired) electrons. The van der Waals surface area contributed by atoms with E-state index in [1.807, 2.05) is 12.1 Å². The number of benzene rings is 6. The van der Waals surface area contributed by atoms with Gasteiger partial charge in [-0.15, -0.1) is 0 Å². The quantitative estimate of drug-likeness (QED) is 0.266. The number of furan rings is 1. The number of para-hydroxylation sites is 1. The maximum Gasteiger partial charge on any atom is 0.136 e. The Morgan fingerprint density at radius 2 is 1.07 bits per heavy atom. The summed E-state index contributed by atoms with van der Waals surface area (Å²) in [6.45, 7) is 0. The molecule has 0 saturated heterocycles. The standard InChI is InChI=1S/C28H16O/c1-2-7-25-23(6-1)24-13-12-19(16-26(24)29-25)22-14-20-10-8-17-4-3-5-18-9-11-21(15-22)28(20)27(17)18/h1-16H. The third-order valence-electron chi connectivity index (χ3n) is 6.18. The second-order valence-electron chi connectivity index (χ2n) is 7.82. The van der Waals surface area contributed by atoms with Crippen molar-refractivity contribution >= 4 is 54.3 Å².